The summed E-state index contributed by atoms with van der Waals surface area (Å²) in [7, 11) is 0. The van der Waals surface area contributed by atoms with Crippen molar-refractivity contribution in [3.8, 4) is 6.07 Å². The average molecular weight is 153 g/mol. The summed E-state index contributed by atoms with van der Waals surface area (Å²) in [5.74, 6) is 0. The summed E-state index contributed by atoms with van der Waals surface area (Å²) in [6, 6.07) is 3.66. The van der Waals surface area contributed by atoms with Crippen molar-refractivity contribution in [3.05, 3.63) is 21.9 Å². The number of nitrogens with zero attached hydrogens (tertiary/aromatic N) is 1. The van der Waals surface area contributed by atoms with Gasteiger partial charge in [0.15, 0.2) is 6.10 Å². The van der Waals surface area contributed by atoms with Crippen molar-refractivity contribution < 1.29 is 5.11 Å². The fourth-order valence-electron chi connectivity index (χ4n) is 0.723. The normalized spacial score (nSPS) is 12.5. The second kappa shape index (κ2) is 2.82. The van der Waals surface area contributed by atoms with E-state index in [1.54, 1.807) is 6.07 Å². The second-order valence-electron chi connectivity index (χ2n) is 2.00. The number of hydrogen-bond donors (Lipinski definition) is 1. The van der Waals surface area contributed by atoms with E-state index in [0.717, 1.165) is 10.4 Å². The first-order valence-electron chi connectivity index (χ1n) is 2.87. The molecule has 1 rings (SSSR count). The van der Waals surface area contributed by atoms with Gasteiger partial charge in [0, 0.05) is 0 Å². The van der Waals surface area contributed by atoms with E-state index in [1.165, 1.54) is 11.3 Å². The highest BCUT2D eigenvalue weighted by Crippen LogP contribution is 2.22. The Morgan fingerprint density at radius 3 is 2.90 bits per heavy atom. The van der Waals surface area contributed by atoms with Gasteiger partial charge in [0.05, 0.1) is 10.9 Å². The molecule has 0 spiro atoms. The number of aliphatic hydroxyl groups is 1. The molecule has 0 aliphatic rings. The zero-order valence-corrected chi connectivity index (χ0v) is 6.35. The van der Waals surface area contributed by atoms with E-state index in [-0.39, 0.29) is 0 Å². The van der Waals surface area contributed by atoms with Gasteiger partial charge in [0.1, 0.15) is 0 Å². The summed E-state index contributed by atoms with van der Waals surface area (Å²) in [6.07, 6.45) is -0.944. The van der Waals surface area contributed by atoms with Crippen LogP contribution < -0.4 is 0 Å². The van der Waals surface area contributed by atoms with Crippen LogP contribution in [0, 0.1) is 18.3 Å². The first-order chi connectivity index (χ1) is 4.75. The molecule has 0 unspecified atom stereocenters. The van der Waals surface area contributed by atoms with Gasteiger partial charge in [0.2, 0.25) is 0 Å². The molecule has 2 nitrogen and oxygen atoms in total. The van der Waals surface area contributed by atoms with Crippen molar-refractivity contribution >= 4 is 11.3 Å². The smallest absolute Gasteiger partial charge is 0.175 e. The van der Waals surface area contributed by atoms with E-state index in [9.17, 15) is 0 Å². The van der Waals surface area contributed by atoms with Crippen molar-refractivity contribution in [1.29, 1.82) is 5.26 Å². The molecule has 1 heterocycles. The van der Waals surface area contributed by atoms with Crippen LogP contribution in [0.25, 0.3) is 0 Å². The molecule has 1 aromatic rings. The van der Waals surface area contributed by atoms with Crippen LogP contribution in [0.15, 0.2) is 11.4 Å². The lowest BCUT2D eigenvalue weighted by Gasteiger charge is -1.97. The maximum Gasteiger partial charge on any atom is 0.175 e. The number of thiophene rings is 1. The Labute approximate surface area is 63.4 Å². The number of hydrogen-bond acceptors (Lipinski definition) is 3. The Kier molecular flexibility index (Phi) is 2.05. The molecule has 10 heavy (non-hydrogen) atoms. The molecule has 0 aliphatic heterocycles. The average Bonchev–Trinajstić information content (AvgIpc) is 2.34. The van der Waals surface area contributed by atoms with Crippen LogP contribution in [-0.4, -0.2) is 5.11 Å². The van der Waals surface area contributed by atoms with Gasteiger partial charge in [-0.3, -0.25) is 0 Å². The van der Waals surface area contributed by atoms with E-state index in [0.29, 0.717) is 0 Å². The van der Waals surface area contributed by atoms with Crippen molar-refractivity contribution in [2.75, 3.05) is 0 Å². The van der Waals surface area contributed by atoms with Crippen LogP contribution >= 0.6 is 11.3 Å². The molecule has 0 fully saturated rings. The van der Waals surface area contributed by atoms with Crippen molar-refractivity contribution in [1.82, 2.24) is 0 Å². The van der Waals surface area contributed by atoms with E-state index in [4.69, 9.17) is 10.4 Å². The largest absolute Gasteiger partial charge is 0.373 e. The van der Waals surface area contributed by atoms with Gasteiger partial charge in [-0.05, 0) is 23.9 Å². The minimum atomic E-state index is -0.944. The van der Waals surface area contributed by atoms with E-state index in [2.05, 4.69) is 0 Å². The lowest BCUT2D eigenvalue weighted by atomic mass is 10.2. The maximum absolute atomic E-state index is 9.05. The number of aliphatic hydroxyl groups excluding tert-OH is 1. The third-order valence-electron chi connectivity index (χ3n) is 1.27. The molecule has 0 amide bonds. The van der Waals surface area contributed by atoms with Gasteiger partial charge in [-0.25, -0.2) is 0 Å². The quantitative estimate of drug-likeness (QED) is 0.623. The molecular weight excluding hydrogens is 146 g/mol. The fraction of sp³-hybridized carbons (Fsp3) is 0.286. The minimum Gasteiger partial charge on any atom is -0.373 e. The summed E-state index contributed by atoms with van der Waals surface area (Å²) in [5.41, 5.74) is 0.985. The van der Waals surface area contributed by atoms with Gasteiger partial charge in [-0.1, -0.05) is 0 Å². The first-order valence-corrected chi connectivity index (χ1v) is 3.75. The summed E-state index contributed by atoms with van der Waals surface area (Å²) < 4.78 is 0. The van der Waals surface area contributed by atoms with E-state index >= 15 is 0 Å². The standard InChI is InChI=1S/C7H7NOS/c1-5-2-3-10-7(5)6(9)4-8/h2-3,6,9H,1H3/t6-/m0/s1. The molecule has 1 atom stereocenters. The molecule has 52 valence electrons. The number of nitriles is 1. The summed E-state index contributed by atoms with van der Waals surface area (Å²) in [6.45, 7) is 1.88. The van der Waals surface area contributed by atoms with Gasteiger partial charge in [-0.15, -0.1) is 11.3 Å². The van der Waals surface area contributed by atoms with Crippen molar-refractivity contribution in [2.24, 2.45) is 0 Å². The molecule has 0 saturated heterocycles. The van der Waals surface area contributed by atoms with E-state index in [1.807, 2.05) is 18.4 Å². The molecule has 1 N–H and O–H groups in total. The predicted molar refractivity (Wildman–Crippen MR) is 39.6 cm³/mol. The van der Waals surface area contributed by atoms with Crippen LogP contribution in [0.3, 0.4) is 0 Å². The Hall–Kier alpha value is -0.850. The van der Waals surface area contributed by atoms with Gasteiger partial charge < -0.3 is 5.11 Å². The summed E-state index contributed by atoms with van der Waals surface area (Å²) in [5, 5.41) is 19.3. The van der Waals surface area contributed by atoms with Crippen LogP contribution in [0.5, 0.6) is 0 Å². The molecule has 0 radical (unpaired) electrons. The van der Waals surface area contributed by atoms with Gasteiger partial charge in [-0.2, -0.15) is 5.26 Å². The highest BCUT2D eigenvalue weighted by molar-refractivity contribution is 7.10. The monoisotopic (exact) mass is 153 g/mol. The van der Waals surface area contributed by atoms with Crippen LogP contribution in [0.4, 0.5) is 0 Å². The first kappa shape index (κ1) is 7.26. The molecule has 3 heteroatoms. The predicted octanol–water partition coefficient (Wildman–Crippen LogP) is 1.61. The molecular formula is C7H7NOS. The van der Waals surface area contributed by atoms with Gasteiger partial charge in [0.25, 0.3) is 0 Å². The molecule has 0 bridgehead atoms. The second-order valence-corrected chi connectivity index (χ2v) is 2.95. The van der Waals surface area contributed by atoms with Crippen LogP contribution in [0.1, 0.15) is 16.5 Å². The summed E-state index contributed by atoms with van der Waals surface area (Å²) >= 11 is 1.41. The van der Waals surface area contributed by atoms with E-state index < -0.39 is 6.10 Å². The highest BCUT2D eigenvalue weighted by Gasteiger charge is 2.08. The minimum absolute atomic E-state index is 0.752. The Bertz CT molecular complexity index is 261. The van der Waals surface area contributed by atoms with Crippen molar-refractivity contribution in [2.45, 2.75) is 13.0 Å². The molecule has 0 saturated carbocycles. The molecule has 0 aromatic carbocycles. The zero-order valence-electron chi connectivity index (χ0n) is 5.53. The molecule has 0 aliphatic carbocycles. The van der Waals surface area contributed by atoms with Crippen molar-refractivity contribution in [3.63, 3.8) is 0 Å². The topological polar surface area (TPSA) is 44.0 Å². The Morgan fingerprint density at radius 2 is 2.50 bits per heavy atom. The summed E-state index contributed by atoms with van der Waals surface area (Å²) in [4.78, 5) is 0.752. The Balaban J connectivity index is 2.96. The lowest BCUT2D eigenvalue weighted by molar-refractivity contribution is 0.239. The highest BCUT2D eigenvalue weighted by atomic mass is 32.1. The van der Waals surface area contributed by atoms with Gasteiger partial charge >= 0.3 is 0 Å². The van der Waals surface area contributed by atoms with Crippen LogP contribution in [0.2, 0.25) is 0 Å². The zero-order chi connectivity index (χ0) is 7.56. The third-order valence-corrected chi connectivity index (χ3v) is 2.34. The maximum atomic E-state index is 9.05. The third kappa shape index (κ3) is 1.18. The Morgan fingerprint density at radius 1 is 1.80 bits per heavy atom. The number of rotatable bonds is 1. The SMILES string of the molecule is Cc1ccsc1[C@@H](O)C#N. The lowest BCUT2D eigenvalue weighted by Crippen LogP contribution is -1.90. The fourth-order valence-corrected chi connectivity index (χ4v) is 1.58. The number of aryl methyl sites for hydroxylation is 1. The molecule has 1 aromatic heterocycles. The van der Waals surface area contributed by atoms with Crippen LogP contribution in [-0.2, 0) is 0 Å².